The van der Waals surface area contributed by atoms with Gasteiger partial charge >= 0.3 is 0 Å². The molecule has 2 rings (SSSR count). The average molecular weight is 238 g/mol. The van der Waals surface area contributed by atoms with Crippen molar-refractivity contribution in [1.29, 1.82) is 0 Å². The summed E-state index contributed by atoms with van der Waals surface area (Å²) in [5.41, 5.74) is 0. The van der Waals surface area contributed by atoms with Gasteiger partial charge in [0.15, 0.2) is 0 Å². The third-order valence-corrected chi connectivity index (χ3v) is 3.54. The maximum absolute atomic E-state index is 11.3. The van der Waals surface area contributed by atoms with Gasteiger partial charge in [0.1, 0.15) is 0 Å². The van der Waals surface area contributed by atoms with Gasteiger partial charge in [-0.2, -0.15) is 0 Å². The van der Waals surface area contributed by atoms with Crippen LogP contribution >= 0.6 is 11.3 Å². The van der Waals surface area contributed by atoms with E-state index in [0.717, 1.165) is 32.4 Å². The van der Waals surface area contributed by atoms with Crippen LogP contribution in [-0.4, -0.2) is 25.0 Å². The van der Waals surface area contributed by atoms with E-state index >= 15 is 0 Å². The third kappa shape index (κ3) is 4.33. The van der Waals surface area contributed by atoms with Gasteiger partial charge in [-0.15, -0.1) is 11.3 Å². The SMILES string of the molecule is O=C(CCNCCc1cccs1)NC1CC1. The van der Waals surface area contributed by atoms with Gasteiger partial charge < -0.3 is 10.6 Å². The summed E-state index contributed by atoms with van der Waals surface area (Å²) in [6, 6.07) is 4.70. The molecule has 1 aromatic rings. The Kier molecular flexibility index (Phi) is 4.36. The molecule has 0 radical (unpaired) electrons. The molecule has 1 heterocycles. The summed E-state index contributed by atoms with van der Waals surface area (Å²) in [4.78, 5) is 12.7. The van der Waals surface area contributed by atoms with Crippen molar-refractivity contribution in [3.63, 3.8) is 0 Å². The van der Waals surface area contributed by atoms with E-state index in [4.69, 9.17) is 0 Å². The molecule has 0 unspecified atom stereocenters. The van der Waals surface area contributed by atoms with E-state index < -0.39 is 0 Å². The number of carbonyl (C=O) groups is 1. The molecule has 2 N–H and O–H groups in total. The largest absolute Gasteiger partial charge is 0.353 e. The number of hydrogen-bond acceptors (Lipinski definition) is 3. The molecule has 4 heteroatoms. The monoisotopic (exact) mass is 238 g/mol. The lowest BCUT2D eigenvalue weighted by Gasteiger charge is -2.04. The fourth-order valence-electron chi connectivity index (χ4n) is 1.52. The Morgan fingerprint density at radius 3 is 3.00 bits per heavy atom. The van der Waals surface area contributed by atoms with E-state index in [1.165, 1.54) is 4.88 Å². The summed E-state index contributed by atoms with van der Waals surface area (Å²) < 4.78 is 0. The summed E-state index contributed by atoms with van der Waals surface area (Å²) in [7, 11) is 0. The zero-order valence-electron chi connectivity index (χ0n) is 9.37. The van der Waals surface area contributed by atoms with Crippen molar-refractivity contribution < 1.29 is 4.79 Å². The summed E-state index contributed by atoms with van der Waals surface area (Å²) in [5, 5.41) is 8.37. The Labute approximate surface area is 100 Å². The smallest absolute Gasteiger partial charge is 0.221 e. The Morgan fingerprint density at radius 1 is 1.44 bits per heavy atom. The number of rotatable bonds is 7. The Balaban J connectivity index is 1.46. The highest BCUT2D eigenvalue weighted by atomic mass is 32.1. The summed E-state index contributed by atoms with van der Waals surface area (Å²) in [5.74, 6) is 0.186. The minimum absolute atomic E-state index is 0.186. The van der Waals surface area contributed by atoms with Crippen molar-refractivity contribution in [3.8, 4) is 0 Å². The molecule has 1 fully saturated rings. The molecule has 0 spiro atoms. The van der Waals surface area contributed by atoms with Gasteiger partial charge in [-0.1, -0.05) is 6.07 Å². The summed E-state index contributed by atoms with van der Waals surface area (Å²) >= 11 is 1.78. The van der Waals surface area contributed by atoms with Gasteiger partial charge in [-0.25, -0.2) is 0 Å². The van der Waals surface area contributed by atoms with Gasteiger partial charge in [-0.05, 0) is 37.3 Å². The Bertz CT molecular complexity index is 320. The van der Waals surface area contributed by atoms with Crippen LogP contribution in [0.1, 0.15) is 24.1 Å². The fourth-order valence-corrected chi connectivity index (χ4v) is 2.23. The highest BCUT2D eigenvalue weighted by Crippen LogP contribution is 2.18. The van der Waals surface area contributed by atoms with Crippen molar-refractivity contribution >= 4 is 17.2 Å². The number of amides is 1. The van der Waals surface area contributed by atoms with E-state index in [2.05, 4.69) is 28.1 Å². The molecule has 0 aliphatic heterocycles. The molecule has 88 valence electrons. The molecule has 0 saturated heterocycles. The quantitative estimate of drug-likeness (QED) is 0.708. The van der Waals surface area contributed by atoms with Crippen LogP contribution in [0.3, 0.4) is 0 Å². The maximum atomic E-state index is 11.3. The standard InChI is InChI=1S/C12H18N2OS/c15-12(14-10-3-4-10)6-8-13-7-5-11-2-1-9-16-11/h1-2,9-10,13H,3-8H2,(H,14,15). The van der Waals surface area contributed by atoms with Crippen LogP contribution in [-0.2, 0) is 11.2 Å². The average Bonchev–Trinajstić information content (AvgIpc) is 2.93. The van der Waals surface area contributed by atoms with Gasteiger partial charge in [0.25, 0.3) is 0 Å². The molecule has 0 bridgehead atoms. The van der Waals surface area contributed by atoms with Crippen LogP contribution in [0.4, 0.5) is 0 Å². The Morgan fingerprint density at radius 2 is 2.31 bits per heavy atom. The van der Waals surface area contributed by atoms with Crippen molar-refractivity contribution in [2.75, 3.05) is 13.1 Å². The lowest BCUT2D eigenvalue weighted by atomic mass is 10.3. The molecule has 1 saturated carbocycles. The topological polar surface area (TPSA) is 41.1 Å². The van der Waals surface area contributed by atoms with Crippen molar-refractivity contribution in [1.82, 2.24) is 10.6 Å². The molecule has 1 amide bonds. The zero-order chi connectivity index (χ0) is 11.2. The van der Waals surface area contributed by atoms with Gasteiger partial charge in [0.2, 0.25) is 5.91 Å². The van der Waals surface area contributed by atoms with Crippen molar-refractivity contribution in [3.05, 3.63) is 22.4 Å². The highest BCUT2D eigenvalue weighted by Gasteiger charge is 2.22. The number of carbonyl (C=O) groups excluding carboxylic acids is 1. The number of thiophene rings is 1. The first-order chi connectivity index (χ1) is 7.84. The number of hydrogen-bond donors (Lipinski definition) is 2. The Hall–Kier alpha value is -0.870. The minimum atomic E-state index is 0.186. The zero-order valence-corrected chi connectivity index (χ0v) is 10.2. The van der Waals surface area contributed by atoms with Gasteiger partial charge in [0.05, 0.1) is 0 Å². The molecule has 1 aromatic heterocycles. The minimum Gasteiger partial charge on any atom is -0.353 e. The fraction of sp³-hybridized carbons (Fsp3) is 0.583. The van der Waals surface area contributed by atoms with E-state index in [9.17, 15) is 4.79 Å². The first-order valence-electron chi connectivity index (χ1n) is 5.87. The van der Waals surface area contributed by atoms with Crippen LogP contribution in [0.5, 0.6) is 0 Å². The lowest BCUT2D eigenvalue weighted by molar-refractivity contribution is -0.121. The molecule has 1 aliphatic rings. The second-order valence-electron chi connectivity index (χ2n) is 4.17. The number of nitrogens with one attached hydrogen (secondary N) is 2. The van der Waals surface area contributed by atoms with E-state index in [-0.39, 0.29) is 5.91 Å². The highest BCUT2D eigenvalue weighted by molar-refractivity contribution is 7.09. The predicted octanol–water partition coefficient (Wildman–Crippen LogP) is 1.55. The van der Waals surface area contributed by atoms with Crippen LogP contribution in [0.2, 0.25) is 0 Å². The van der Waals surface area contributed by atoms with E-state index in [1.54, 1.807) is 11.3 Å². The van der Waals surface area contributed by atoms with E-state index in [1.807, 2.05) is 0 Å². The molecule has 16 heavy (non-hydrogen) atoms. The van der Waals surface area contributed by atoms with Crippen molar-refractivity contribution in [2.24, 2.45) is 0 Å². The lowest BCUT2D eigenvalue weighted by Crippen LogP contribution is -2.29. The van der Waals surface area contributed by atoms with E-state index in [0.29, 0.717) is 12.5 Å². The van der Waals surface area contributed by atoms with Gasteiger partial charge in [-0.3, -0.25) is 4.79 Å². The predicted molar refractivity (Wildman–Crippen MR) is 66.7 cm³/mol. The molecule has 3 nitrogen and oxygen atoms in total. The first-order valence-corrected chi connectivity index (χ1v) is 6.75. The second-order valence-corrected chi connectivity index (χ2v) is 5.20. The normalized spacial score (nSPS) is 15.0. The third-order valence-electron chi connectivity index (χ3n) is 2.60. The molecule has 0 aromatic carbocycles. The van der Waals surface area contributed by atoms with Crippen molar-refractivity contribution in [2.45, 2.75) is 31.7 Å². The van der Waals surface area contributed by atoms with Crippen LogP contribution in [0.15, 0.2) is 17.5 Å². The summed E-state index contributed by atoms with van der Waals surface area (Å²) in [6.07, 6.45) is 3.98. The molecular weight excluding hydrogens is 220 g/mol. The van der Waals surface area contributed by atoms with Crippen LogP contribution in [0.25, 0.3) is 0 Å². The van der Waals surface area contributed by atoms with Crippen LogP contribution < -0.4 is 10.6 Å². The molecule has 0 atom stereocenters. The maximum Gasteiger partial charge on any atom is 0.221 e. The summed E-state index contributed by atoms with van der Waals surface area (Å²) in [6.45, 7) is 1.74. The second kappa shape index (κ2) is 6.01. The van der Waals surface area contributed by atoms with Crippen LogP contribution in [0, 0.1) is 0 Å². The first kappa shape index (κ1) is 11.6. The molecule has 1 aliphatic carbocycles. The molecular formula is C12H18N2OS. The van der Waals surface area contributed by atoms with Gasteiger partial charge in [0, 0.05) is 23.9 Å².